The molecule has 0 bridgehead atoms. The first-order valence-corrected chi connectivity index (χ1v) is 6.54. The van der Waals surface area contributed by atoms with Gasteiger partial charge in [-0.3, -0.25) is 0 Å². The second-order valence-corrected chi connectivity index (χ2v) is 9.16. The maximum atomic E-state index is 2.33. The van der Waals surface area contributed by atoms with Gasteiger partial charge in [-0.25, -0.2) is 0 Å². The molecular weight excluding hydrogens is 281 g/mol. The van der Waals surface area contributed by atoms with Crippen molar-refractivity contribution in [1.29, 1.82) is 0 Å². The molecule has 0 aromatic carbocycles. The molecule has 0 spiro atoms. The van der Waals surface area contributed by atoms with Crippen molar-refractivity contribution in [3.05, 3.63) is 0 Å². The van der Waals surface area contributed by atoms with E-state index in [0.29, 0.717) is 0 Å². The molecule has 0 rings (SSSR count). The molecule has 0 atom stereocenters. The zero-order chi connectivity index (χ0) is 11.7. The number of rotatable bonds is 4. The number of hydrogen-bond donors (Lipinski definition) is 0. The predicted molar refractivity (Wildman–Crippen MR) is 65.0 cm³/mol. The third-order valence-corrected chi connectivity index (χ3v) is 3.84. The van der Waals surface area contributed by atoms with Gasteiger partial charge < -0.3 is 0 Å². The summed E-state index contributed by atoms with van der Waals surface area (Å²) in [5, 5.41) is 0. The summed E-state index contributed by atoms with van der Waals surface area (Å²) < 4.78 is 0.286. The number of nitrogens with zero attached hydrogens (tertiary/aromatic N) is 3. The van der Waals surface area contributed by atoms with E-state index in [0.717, 1.165) is 0 Å². The van der Waals surface area contributed by atoms with Crippen LogP contribution in [0.4, 0.5) is 0 Å². The summed E-state index contributed by atoms with van der Waals surface area (Å²) in [6.07, 6.45) is 0. The average Bonchev–Trinajstić information content (AvgIpc) is 1.79. The molecule has 4 heteroatoms. The maximum absolute atomic E-state index is 2.33. The third kappa shape index (κ3) is 2.26. The van der Waals surface area contributed by atoms with Crippen molar-refractivity contribution in [2.24, 2.45) is 0 Å². The van der Waals surface area contributed by atoms with Crippen molar-refractivity contribution in [3.8, 4) is 0 Å². The van der Waals surface area contributed by atoms with Crippen molar-refractivity contribution in [2.75, 3.05) is 42.3 Å². The van der Waals surface area contributed by atoms with Crippen LogP contribution in [0.25, 0.3) is 0 Å². The van der Waals surface area contributed by atoms with Gasteiger partial charge in [-0.1, -0.05) is 0 Å². The Morgan fingerprint density at radius 1 is 0.714 bits per heavy atom. The van der Waals surface area contributed by atoms with E-state index < -0.39 is 0 Å². The van der Waals surface area contributed by atoms with Crippen LogP contribution in [0.2, 0.25) is 3.43 Å². The summed E-state index contributed by atoms with van der Waals surface area (Å²) in [5.74, 6) is -0.00472. The fourth-order valence-electron chi connectivity index (χ4n) is 2.93. The average molecular weight is 306 g/mol. The van der Waals surface area contributed by atoms with Gasteiger partial charge in [-0.2, -0.15) is 0 Å². The molecule has 0 amide bonds. The molecule has 0 unspecified atom stereocenters. The van der Waals surface area contributed by atoms with E-state index in [1.54, 1.807) is 0 Å². The Bertz CT molecular complexity index is 161. The molecule has 0 heterocycles. The molecular formula is C10H25N3Sn. The monoisotopic (exact) mass is 307 g/mol. The fraction of sp³-hybridized carbons (Fsp3) is 1.00. The zero-order valence-electron chi connectivity index (χ0n) is 10.9. The van der Waals surface area contributed by atoms with Crippen LogP contribution >= 0.6 is 0 Å². The van der Waals surface area contributed by atoms with Crippen molar-refractivity contribution >= 4 is 22.5 Å². The van der Waals surface area contributed by atoms with Crippen molar-refractivity contribution in [1.82, 2.24) is 14.7 Å². The molecule has 0 N–H and O–H groups in total. The van der Waals surface area contributed by atoms with Crippen LogP contribution in [0.3, 0.4) is 0 Å². The summed E-state index contributed by atoms with van der Waals surface area (Å²) in [6.45, 7) is 4.66. The minimum atomic E-state index is -0.00472. The first kappa shape index (κ1) is 14.7. The Morgan fingerprint density at radius 2 is 0.929 bits per heavy atom. The minimum absolute atomic E-state index is 0.00472. The molecule has 0 aromatic heterocycles. The van der Waals surface area contributed by atoms with E-state index in [1.165, 1.54) is 22.5 Å². The topological polar surface area (TPSA) is 9.72 Å². The van der Waals surface area contributed by atoms with Gasteiger partial charge in [-0.05, 0) is 0 Å². The Hall–Kier alpha value is 0.679. The first-order valence-electron chi connectivity index (χ1n) is 4.89. The molecule has 3 nitrogen and oxygen atoms in total. The van der Waals surface area contributed by atoms with Gasteiger partial charge in [0.15, 0.2) is 0 Å². The van der Waals surface area contributed by atoms with Crippen LogP contribution < -0.4 is 0 Å². The molecule has 0 aliphatic carbocycles. The summed E-state index contributed by atoms with van der Waals surface area (Å²) >= 11 is 1.23. The Balaban J connectivity index is 5.40. The zero-order valence-corrected chi connectivity index (χ0v) is 14.2. The standard InChI is InChI=1S/C10H24N3.Sn.H/c1-9(2)10(11(3)4,12(5)6)13(7)8;;/h1-8H3;;. The van der Waals surface area contributed by atoms with Gasteiger partial charge in [0, 0.05) is 0 Å². The Labute approximate surface area is 103 Å². The molecule has 0 aliphatic rings. The van der Waals surface area contributed by atoms with Crippen molar-refractivity contribution in [3.63, 3.8) is 0 Å². The van der Waals surface area contributed by atoms with Crippen LogP contribution in [-0.2, 0) is 0 Å². The first-order chi connectivity index (χ1) is 6.08. The summed E-state index contributed by atoms with van der Waals surface area (Å²) in [7, 11) is 12.9. The van der Waals surface area contributed by atoms with Crippen LogP contribution in [0.5, 0.6) is 0 Å². The summed E-state index contributed by atoms with van der Waals surface area (Å²) in [5.41, 5.74) is 0. The molecule has 0 aromatic rings. The van der Waals surface area contributed by atoms with Gasteiger partial charge in [0.05, 0.1) is 0 Å². The molecule has 0 saturated carbocycles. The van der Waals surface area contributed by atoms with E-state index >= 15 is 0 Å². The van der Waals surface area contributed by atoms with Crippen LogP contribution in [0.15, 0.2) is 0 Å². The summed E-state index contributed by atoms with van der Waals surface area (Å²) in [6, 6.07) is 0. The van der Waals surface area contributed by atoms with E-state index in [4.69, 9.17) is 0 Å². The van der Waals surface area contributed by atoms with Gasteiger partial charge >= 0.3 is 103 Å². The fourth-order valence-corrected chi connectivity index (χ4v) is 5.14. The third-order valence-electron chi connectivity index (χ3n) is 2.74. The number of hydrogen-bond acceptors (Lipinski definition) is 3. The van der Waals surface area contributed by atoms with Crippen LogP contribution in [-0.4, -0.2) is 85.3 Å². The predicted octanol–water partition coefficient (Wildman–Crippen LogP) is 0.424. The SMILES string of the molecule is CN(C)C(N(C)C)(N(C)C)[C](C)(C)[SnH]. The molecule has 0 fully saturated rings. The summed E-state index contributed by atoms with van der Waals surface area (Å²) in [4.78, 5) is 6.91. The van der Waals surface area contributed by atoms with E-state index in [-0.39, 0.29) is 9.22 Å². The molecule has 2 radical (unpaired) electrons. The van der Waals surface area contributed by atoms with Gasteiger partial charge in [0.25, 0.3) is 0 Å². The van der Waals surface area contributed by atoms with Crippen molar-refractivity contribution < 1.29 is 0 Å². The molecule has 84 valence electrons. The van der Waals surface area contributed by atoms with Crippen LogP contribution in [0, 0.1) is 0 Å². The van der Waals surface area contributed by atoms with Gasteiger partial charge in [0.2, 0.25) is 0 Å². The van der Waals surface area contributed by atoms with Crippen LogP contribution in [0.1, 0.15) is 13.8 Å². The van der Waals surface area contributed by atoms with Crippen molar-refractivity contribution in [2.45, 2.75) is 23.1 Å². The van der Waals surface area contributed by atoms with E-state index in [9.17, 15) is 0 Å². The van der Waals surface area contributed by atoms with E-state index in [2.05, 4.69) is 70.8 Å². The molecule has 0 saturated heterocycles. The Morgan fingerprint density at radius 3 is 0.929 bits per heavy atom. The van der Waals surface area contributed by atoms with Gasteiger partial charge in [0.1, 0.15) is 0 Å². The second kappa shape index (κ2) is 4.68. The molecule has 14 heavy (non-hydrogen) atoms. The quantitative estimate of drug-likeness (QED) is 0.551. The van der Waals surface area contributed by atoms with Gasteiger partial charge in [-0.15, -0.1) is 0 Å². The Kier molecular flexibility index (Phi) is 4.91. The normalized spacial score (nSPS) is 14.6. The molecule has 0 aliphatic heterocycles. The second-order valence-electron chi connectivity index (χ2n) is 5.04. The van der Waals surface area contributed by atoms with E-state index in [1.807, 2.05) is 0 Å².